The van der Waals surface area contributed by atoms with Gasteiger partial charge in [-0.3, -0.25) is 4.79 Å². The highest BCUT2D eigenvalue weighted by atomic mass is 16.6. The Hall–Kier alpha value is -3.35. The van der Waals surface area contributed by atoms with Gasteiger partial charge in [-0.2, -0.15) is 0 Å². The third-order valence-electron chi connectivity index (χ3n) is 3.82. The summed E-state index contributed by atoms with van der Waals surface area (Å²) >= 11 is 0. The highest BCUT2D eigenvalue weighted by Gasteiger charge is 2.17. The molecule has 0 aliphatic rings. The second-order valence-electron chi connectivity index (χ2n) is 5.56. The Morgan fingerprint density at radius 1 is 1.15 bits per heavy atom. The molecule has 0 saturated heterocycles. The molecule has 3 aromatic rings. The Labute approximate surface area is 150 Å². The lowest BCUT2D eigenvalue weighted by Crippen LogP contribution is -2.12. The van der Waals surface area contributed by atoms with Crippen LogP contribution < -0.4 is 14.8 Å². The first kappa shape index (κ1) is 17.5. The molecule has 0 atom stereocenters. The number of carbonyl (C=O) groups is 1. The number of nitrogens with one attached hydrogen (secondary N) is 1. The molecule has 2 aromatic carbocycles. The predicted molar refractivity (Wildman–Crippen MR) is 96.6 cm³/mol. The fourth-order valence-corrected chi connectivity index (χ4v) is 2.50. The summed E-state index contributed by atoms with van der Waals surface area (Å²) in [6.07, 6.45) is 0. The molecule has 1 heterocycles. The minimum atomic E-state index is -0.313. The maximum atomic E-state index is 12.4. The zero-order chi connectivity index (χ0) is 18.5. The SMILES string of the molecule is CCOc1ccc(-c2nonc2NC(=O)c2ccc(OC)cc2)cc1C. The molecule has 0 bridgehead atoms. The Kier molecular flexibility index (Phi) is 5.17. The molecule has 0 aliphatic carbocycles. The molecule has 1 amide bonds. The van der Waals surface area contributed by atoms with Gasteiger partial charge in [0.25, 0.3) is 5.91 Å². The Bertz CT molecular complexity index is 903. The summed E-state index contributed by atoms with van der Waals surface area (Å²) in [5.74, 6) is 1.42. The van der Waals surface area contributed by atoms with Gasteiger partial charge in [0.1, 0.15) is 11.5 Å². The summed E-state index contributed by atoms with van der Waals surface area (Å²) in [4.78, 5) is 12.4. The fourth-order valence-electron chi connectivity index (χ4n) is 2.50. The molecule has 0 radical (unpaired) electrons. The summed E-state index contributed by atoms with van der Waals surface area (Å²) in [7, 11) is 1.57. The average molecular weight is 353 g/mol. The van der Waals surface area contributed by atoms with Gasteiger partial charge in [-0.15, -0.1) is 0 Å². The largest absolute Gasteiger partial charge is 0.497 e. The van der Waals surface area contributed by atoms with Gasteiger partial charge < -0.3 is 14.8 Å². The highest BCUT2D eigenvalue weighted by Crippen LogP contribution is 2.29. The van der Waals surface area contributed by atoms with E-state index in [2.05, 4.69) is 15.6 Å². The molecule has 7 heteroatoms. The van der Waals surface area contributed by atoms with Crippen molar-refractivity contribution in [1.82, 2.24) is 10.3 Å². The number of hydrogen-bond acceptors (Lipinski definition) is 6. The average Bonchev–Trinajstić information content (AvgIpc) is 3.11. The second kappa shape index (κ2) is 7.69. The molecule has 134 valence electrons. The number of carbonyl (C=O) groups excluding carboxylic acids is 1. The van der Waals surface area contributed by atoms with Crippen LogP contribution in [0.4, 0.5) is 5.82 Å². The quantitative estimate of drug-likeness (QED) is 0.727. The van der Waals surface area contributed by atoms with Gasteiger partial charge in [0.2, 0.25) is 5.82 Å². The number of rotatable bonds is 6. The number of hydrogen-bond donors (Lipinski definition) is 1. The molecule has 0 saturated carbocycles. The van der Waals surface area contributed by atoms with Crippen molar-refractivity contribution < 1.29 is 18.9 Å². The maximum absolute atomic E-state index is 12.4. The van der Waals surface area contributed by atoms with Crippen LogP contribution in [0.5, 0.6) is 11.5 Å². The third-order valence-corrected chi connectivity index (χ3v) is 3.82. The first-order valence-corrected chi connectivity index (χ1v) is 8.14. The lowest BCUT2D eigenvalue weighted by molar-refractivity contribution is 0.102. The van der Waals surface area contributed by atoms with Gasteiger partial charge >= 0.3 is 0 Å². The van der Waals surface area contributed by atoms with Crippen molar-refractivity contribution in [3.63, 3.8) is 0 Å². The minimum Gasteiger partial charge on any atom is -0.497 e. The van der Waals surface area contributed by atoms with E-state index < -0.39 is 0 Å². The summed E-state index contributed by atoms with van der Waals surface area (Å²) < 4.78 is 15.5. The molecule has 26 heavy (non-hydrogen) atoms. The van der Waals surface area contributed by atoms with Crippen LogP contribution in [0.2, 0.25) is 0 Å². The number of ether oxygens (including phenoxy) is 2. The summed E-state index contributed by atoms with van der Waals surface area (Å²) in [5.41, 5.74) is 2.66. The van der Waals surface area contributed by atoms with Gasteiger partial charge in [-0.25, -0.2) is 4.63 Å². The topological polar surface area (TPSA) is 86.5 Å². The van der Waals surface area contributed by atoms with Crippen LogP contribution >= 0.6 is 0 Å². The molecule has 0 unspecified atom stereocenters. The molecule has 7 nitrogen and oxygen atoms in total. The highest BCUT2D eigenvalue weighted by molar-refractivity contribution is 6.05. The van der Waals surface area contributed by atoms with Crippen LogP contribution in [-0.4, -0.2) is 29.9 Å². The van der Waals surface area contributed by atoms with E-state index in [0.29, 0.717) is 23.6 Å². The summed E-state index contributed by atoms with van der Waals surface area (Å²) in [6.45, 7) is 4.47. The minimum absolute atomic E-state index is 0.259. The first-order chi connectivity index (χ1) is 12.6. The number of amides is 1. The van der Waals surface area contributed by atoms with E-state index >= 15 is 0 Å². The maximum Gasteiger partial charge on any atom is 0.256 e. The van der Waals surface area contributed by atoms with Gasteiger partial charge in [-0.05, 0) is 72.2 Å². The van der Waals surface area contributed by atoms with E-state index in [1.807, 2.05) is 32.0 Å². The number of aromatic nitrogens is 2. The van der Waals surface area contributed by atoms with Gasteiger partial charge in [0, 0.05) is 11.1 Å². The van der Waals surface area contributed by atoms with Crippen molar-refractivity contribution in [2.45, 2.75) is 13.8 Å². The van der Waals surface area contributed by atoms with E-state index in [1.165, 1.54) is 0 Å². The predicted octanol–water partition coefficient (Wildman–Crippen LogP) is 3.70. The van der Waals surface area contributed by atoms with E-state index in [4.69, 9.17) is 14.1 Å². The smallest absolute Gasteiger partial charge is 0.256 e. The lowest BCUT2D eigenvalue weighted by Gasteiger charge is -2.08. The van der Waals surface area contributed by atoms with Gasteiger partial charge in [0.05, 0.1) is 13.7 Å². The Morgan fingerprint density at radius 2 is 1.92 bits per heavy atom. The van der Waals surface area contributed by atoms with Crippen molar-refractivity contribution in [2.75, 3.05) is 19.0 Å². The van der Waals surface area contributed by atoms with Gasteiger partial charge in [-0.1, -0.05) is 0 Å². The van der Waals surface area contributed by atoms with E-state index in [-0.39, 0.29) is 11.7 Å². The summed E-state index contributed by atoms with van der Waals surface area (Å²) in [5, 5.41) is 10.4. The molecule has 0 fully saturated rings. The number of benzene rings is 2. The van der Waals surface area contributed by atoms with E-state index in [1.54, 1.807) is 31.4 Å². The van der Waals surface area contributed by atoms with Crippen molar-refractivity contribution in [3.05, 3.63) is 53.6 Å². The van der Waals surface area contributed by atoms with Gasteiger partial charge in [0.15, 0.2) is 5.69 Å². The van der Waals surface area contributed by atoms with Crippen LogP contribution in [0.3, 0.4) is 0 Å². The van der Waals surface area contributed by atoms with E-state index in [0.717, 1.165) is 16.9 Å². The fraction of sp³-hybridized carbons (Fsp3) is 0.211. The van der Waals surface area contributed by atoms with Crippen LogP contribution in [0.25, 0.3) is 11.3 Å². The Balaban J connectivity index is 1.82. The molecular weight excluding hydrogens is 334 g/mol. The third kappa shape index (κ3) is 3.66. The monoisotopic (exact) mass is 353 g/mol. The van der Waals surface area contributed by atoms with E-state index in [9.17, 15) is 4.79 Å². The van der Waals surface area contributed by atoms with Crippen molar-refractivity contribution in [3.8, 4) is 22.8 Å². The first-order valence-electron chi connectivity index (χ1n) is 8.14. The molecular formula is C19H19N3O4. The number of anilines is 1. The molecule has 1 aromatic heterocycles. The zero-order valence-electron chi connectivity index (χ0n) is 14.8. The standard InChI is InChI=1S/C19H19N3O4/c1-4-25-16-10-7-14(11-12(16)2)17-18(22-26-21-17)20-19(23)13-5-8-15(24-3)9-6-13/h5-11H,4H2,1-3H3,(H,20,22,23). The number of nitrogens with zero attached hydrogens (tertiary/aromatic N) is 2. The molecule has 0 spiro atoms. The second-order valence-corrected chi connectivity index (χ2v) is 5.56. The summed E-state index contributed by atoms with van der Waals surface area (Å²) in [6, 6.07) is 12.4. The zero-order valence-corrected chi connectivity index (χ0v) is 14.8. The van der Waals surface area contributed by atoms with Crippen molar-refractivity contribution in [2.24, 2.45) is 0 Å². The number of methoxy groups -OCH3 is 1. The molecule has 3 rings (SSSR count). The molecule has 0 aliphatic heterocycles. The van der Waals surface area contributed by atoms with Crippen LogP contribution in [-0.2, 0) is 0 Å². The van der Waals surface area contributed by atoms with Crippen LogP contribution in [0.1, 0.15) is 22.8 Å². The van der Waals surface area contributed by atoms with Crippen LogP contribution in [0.15, 0.2) is 47.1 Å². The normalized spacial score (nSPS) is 10.4. The van der Waals surface area contributed by atoms with Crippen LogP contribution in [0, 0.1) is 6.92 Å². The Morgan fingerprint density at radius 3 is 2.58 bits per heavy atom. The molecule has 1 N–H and O–H groups in total. The van der Waals surface area contributed by atoms with Crippen molar-refractivity contribution >= 4 is 11.7 Å². The van der Waals surface area contributed by atoms with Crippen molar-refractivity contribution in [1.29, 1.82) is 0 Å². The number of aryl methyl sites for hydroxylation is 1. The lowest BCUT2D eigenvalue weighted by atomic mass is 10.1.